The molecule has 0 bridgehead atoms. The zero-order chi connectivity index (χ0) is 15.9. The Bertz CT molecular complexity index is 569. The highest BCUT2D eigenvalue weighted by atomic mass is 19.1. The molecule has 5 nitrogen and oxygen atoms in total. The van der Waals surface area contributed by atoms with Crippen molar-refractivity contribution in [3.8, 4) is 0 Å². The topological polar surface area (TPSA) is 46.8 Å². The minimum absolute atomic E-state index is 0.153. The first-order chi connectivity index (χ1) is 11.3. The highest BCUT2D eigenvalue weighted by Gasteiger charge is 2.19. The van der Waals surface area contributed by atoms with Gasteiger partial charge in [0.05, 0.1) is 0 Å². The lowest BCUT2D eigenvalue weighted by atomic mass is 9.91. The monoisotopic (exact) mass is 317 g/mol. The van der Waals surface area contributed by atoms with E-state index in [1.165, 1.54) is 37.9 Å². The van der Waals surface area contributed by atoms with Gasteiger partial charge in [-0.25, -0.2) is 9.07 Å². The van der Waals surface area contributed by atoms with Crippen LogP contribution in [0.1, 0.15) is 31.2 Å². The number of piperidine rings is 1. The maximum absolute atomic E-state index is 12.9. The molecule has 0 spiro atoms. The van der Waals surface area contributed by atoms with Crippen molar-refractivity contribution in [1.29, 1.82) is 0 Å². The average molecular weight is 317 g/mol. The molecule has 3 rings (SSSR count). The van der Waals surface area contributed by atoms with E-state index in [-0.39, 0.29) is 5.82 Å². The second kappa shape index (κ2) is 8.15. The van der Waals surface area contributed by atoms with Crippen molar-refractivity contribution in [2.75, 3.05) is 19.6 Å². The maximum atomic E-state index is 12.9. The number of hydrogen-bond acceptors (Lipinski definition) is 4. The molecular weight excluding hydrogens is 293 g/mol. The minimum Gasteiger partial charge on any atom is -0.303 e. The number of likely N-dealkylation sites (tertiary alicyclic amines) is 1. The predicted molar refractivity (Wildman–Crippen MR) is 86.3 cm³/mol. The van der Waals surface area contributed by atoms with Crippen LogP contribution in [0.3, 0.4) is 0 Å². The molecule has 0 unspecified atom stereocenters. The van der Waals surface area contributed by atoms with E-state index < -0.39 is 0 Å². The molecule has 1 saturated heterocycles. The fourth-order valence-corrected chi connectivity index (χ4v) is 3.35. The number of hydrogen-bond donors (Lipinski definition) is 0. The fourth-order valence-electron chi connectivity index (χ4n) is 3.35. The van der Waals surface area contributed by atoms with Crippen LogP contribution in [0.15, 0.2) is 30.6 Å². The highest BCUT2D eigenvalue weighted by molar-refractivity contribution is 5.16. The Kier molecular flexibility index (Phi) is 5.69. The molecule has 6 heteroatoms. The van der Waals surface area contributed by atoms with Crippen molar-refractivity contribution >= 4 is 0 Å². The first-order valence-electron chi connectivity index (χ1n) is 8.47. The summed E-state index contributed by atoms with van der Waals surface area (Å²) in [6.07, 6.45) is 7.57. The van der Waals surface area contributed by atoms with Gasteiger partial charge >= 0.3 is 0 Å². The van der Waals surface area contributed by atoms with Crippen LogP contribution in [-0.4, -0.2) is 44.7 Å². The number of aryl methyl sites for hydroxylation is 2. The van der Waals surface area contributed by atoms with E-state index in [1.54, 1.807) is 23.1 Å². The first-order valence-corrected chi connectivity index (χ1v) is 8.47. The molecule has 2 heterocycles. The average Bonchev–Trinajstić information content (AvgIpc) is 3.08. The maximum Gasteiger partial charge on any atom is 0.138 e. The SMILES string of the molecule is Fc1ccc(CC[C@@H]2CCCN(CCCn3cnnn3)C2)cc1. The van der Waals surface area contributed by atoms with Crippen molar-refractivity contribution in [2.45, 2.75) is 38.6 Å². The number of benzene rings is 1. The quantitative estimate of drug-likeness (QED) is 0.787. The van der Waals surface area contributed by atoms with Gasteiger partial charge in [-0.2, -0.15) is 0 Å². The van der Waals surface area contributed by atoms with Crippen molar-refractivity contribution < 1.29 is 4.39 Å². The number of rotatable bonds is 7. The Labute approximate surface area is 136 Å². The lowest BCUT2D eigenvalue weighted by molar-refractivity contribution is 0.164. The van der Waals surface area contributed by atoms with Crippen LogP contribution >= 0.6 is 0 Å². The third-order valence-corrected chi connectivity index (χ3v) is 4.61. The third-order valence-electron chi connectivity index (χ3n) is 4.61. The summed E-state index contributed by atoms with van der Waals surface area (Å²) in [6.45, 7) is 4.36. The molecule has 2 aromatic rings. The number of tetrazole rings is 1. The molecule has 0 radical (unpaired) electrons. The van der Waals surface area contributed by atoms with Crippen LogP contribution in [0.5, 0.6) is 0 Å². The first kappa shape index (κ1) is 16.1. The Morgan fingerprint density at radius 2 is 2.04 bits per heavy atom. The molecule has 1 atom stereocenters. The molecule has 0 saturated carbocycles. The Morgan fingerprint density at radius 1 is 1.17 bits per heavy atom. The summed E-state index contributed by atoms with van der Waals surface area (Å²) in [5.41, 5.74) is 1.24. The van der Waals surface area contributed by atoms with Gasteiger partial charge in [-0.15, -0.1) is 5.10 Å². The van der Waals surface area contributed by atoms with Gasteiger partial charge in [0.1, 0.15) is 12.1 Å². The second-order valence-corrected chi connectivity index (χ2v) is 6.40. The fraction of sp³-hybridized carbons (Fsp3) is 0.588. The molecule has 0 N–H and O–H groups in total. The third kappa shape index (κ3) is 5.10. The molecule has 23 heavy (non-hydrogen) atoms. The van der Waals surface area contributed by atoms with Gasteiger partial charge in [-0.3, -0.25) is 0 Å². The van der Waals surface area contributed by atoms with E-state index >= 15 is 0 Å². The Hall–Kier alpha value is -1.82. The summed E-state index contributed by atoms with van der Waals surface area (Å²) >= 11 is 0. The lowest BCUT2D eigenvalue weighted by Crippen LogP contribution is -2.36. The van der Waals surface area contributed by atoms with E-state index in [9.17, 15) is 4.39 Å². The van der Waals surface area contributed by atoms with E-state index in [2.05, 4.69) is 20.4 Å². The van der Waals surface area contributed by atoms with Gasteiger partial charge in [0.15, 0.2) is 0 Å². The summed E-state index contributed by atoms with van der Waals surface area (Å²) in [6, 6.07) is 6.92. The van der Waals surface area contributed by atoms with Crippen molar-refractivity contribution in [3.63, 3.8) is 0 Å². The van der Waals surface area contributed by atoms with Crippen molar-refractivity contribution in [1.82, 2.24) is 25.1 Å². The molecular formula is C17H24FN5. The van der Waals surface area contributed by atoms with Gasteiger partial charge in [0.25, 0.3) is 0 Å². The zero-order valence-corrected chi connectivity index (χ0v) is 13.4. The summed E-state index contributed by atoms with van der Waals surface area (Å²) in [7, 11) is 0. The minimum atomic E-state index is -0.153. The van der Waals surface area contributed by atoms with Gasteiger partial charge in [-0.05, 0) is 79.2 Å². The normalized spacial score (nSPS) is 19.1. The molecule has 1 aromatic carbocycles. The lowest BCUT2D eigenvalue weighted by Gasteiger charge is -2.32. The smallest absolute Gasteiger partial charge is 0.138 e. The molecule has 1 aliphatic heterocycles. The number of halogens is 1. The van der Waals surface area contributed by atoms with Crippen LogP contribution < -0.4 is 0 Å². The molecule has 124 valence electrons. The van der Waals surface area contributed by atoms with Gasteiger partial charge in [-0.1, -0.05) is 12.1 Å². The van der Waals surface area contributed by atoms with Gasteiger partial charge < -0.3 is 4.90 Å². The molecule has 1 aliphatic rings. The summed E-state index contributed by atoms with van der Waals surface area (Å²) in [5.74, 6) is 0.599. The second-order valence-electron chi connectivity index (χ2n) is 6.40. The Balaban J connectivity index is 1.38. The molecule has 1 fully saturated rings. The zero-order valence-electron chi connectivity index (χ0n) is 13.4. The van der Waals surface area contributed by atoms with Crippen LogP contribution in [0, 0.1) is 11.7 Å². The standard InChI is InChI=1S/C17H24FN5/c18-17-8-6-15(7-9-17)4-5-16-3-1-10-22(13-16)11-2-12-23-14-19-20-21-23/h6-9,14,16H,1-5,10-13H2/t16-/m0/s1. The van der Waals surface area contributed by atoms with E-state index in [0.717, 1.165) is 31.8 Å². The van der Waals surface area contributed by atoms with Gasteiger partial charge in [0, 0.05) is 13.1 Å². The number of nitrogens with zero attached hydrogens (tertiary/aromatic N) is 5. The van der Waals surface area contributed by atoms with Gasteiger partial charge in [0.2, 0.25) is 0 Å². The molecule has 0 amide bonds. The van der Waals surface area contributed by atoms with E-state index in [1.807, 2.05) is 12.1 Å². The van der Waals surface area contributed by atoms with Crippen LogP contribution in [0.25, 0.3) is 0 Å². The summed E-state index contributed by atoms with van der Waals surface area (Å²) < 4.78 is 14.7. The van der Waals surface area contributed by atoms with Crippen LogP contribution in [0.2, 0.25) is 0 Å². The summed E-state index contributed by atoms with van der Waals surface area (Å²) in [4.78, 5) is 2.56. The van der Waals surface area contributed by atoms with Crippen LogP contribution in [-0.2, 0) is 13.0 Å². The van der Waals surface area contributed by atoms with E-state index in [0.29, 0.717) is 0 Å². The number of aromatic nitrogens is 4. The molecule has 0 aliphatic carbocycles. The Morgan fingerprint density at radius 3 is 2.83 bits per heavy atom. The summed E-state index contributed by atoms with van der Waals surface area (Å²) in [5, 5.41) is 11.2. The largest absolute Gasteiger partial charge is 0.303 e. The van der Waals surface area contributed by atoms with Crippen molar-refractivity contribution in [2.24, 2.45) is 5.92 Å². The van der Waals surface area contributed by atoms with E-state index in [4.69, 9.17) is 0 Å². The predicted octanol–water partition coefficient (Wildman–Crippen LogP) is 2.55. The highest BCUT2D eigenvalue weighted by Crippen LogP contribution is 2.21. The molecule has 1 aromatic heterocycles. The van der Waals surface area contributed by atoms with Crippen LogP contribution in [0.4, 0.5) is 4.39 Å². The van der Waals surface area contributed by atoms with Crippen molar-refractivity contribution in [3.05, 3.63) is 42.0 Å².